The van der Waals surface area contributed by atoms with Gasteiger partial charge >= 0.3 is 0 Å². The second-order valence-electron chi connectivity index (χ2n) is 4.88. The average molecular weight is 245 g/mol. The van der Waals surface area contributed by atoms with Gasteiger partial charge in [-0.05, 0) is 45.7 Å². The molecule has 1 fully saturated rings. The van der Waals surface area contributed by atoms with Crippen molar-refractivity contribution in [2.45, 2.75) is 45.7 Å². The van der Waals surface area contributed by atoms with E-state index < -0.39 is 0 Å². The average Bonchev–Trinajstić information content (AvgIpc) is 2.37. The van der Waals surface area contributed by atoms with Crippen LogP contribution in [0.25, 0.3) is 0 Å². The summed E-state index contributed by atoms with van der Waals surface area (Å²) in [5, 5.41) is 24.2. The number of piperidine rings is 1. The third kappa shape index (κ3) is 2.44. The molecule has 2 atom stereocenters. The van der Waals surface area contributed by atoms with Gasteiger partial charge in [-0.2, -0.15) is 10.4 Å². The van der Waals surface area contributed by atoms with E-state index in [2.05, 4.69) is 33.8 Å². The second-order valence-corrected chi connectivity index (χ2v) is 4.88. The van der Waals surface area contributed by atoms with Crippen LogP contribution in [0.4, 0.5) is 5.82 Å². The van der Waals surface area contributed by atoms with Gasteiger partial charge in [0.1, 0.15) is 11.6 Å². The van der Waals surface area contributed by atoms with Crippen LogP contribution in [0.2, 0.25) is 0 Å². The minimum atomic E-state index is 0.308. The number of rotatable bonds is 2. The normalized spacial score (nSPS) is 23.4. The van der Waals surface area contributed by atoms with Gasteiger partial charge < -0.3 is 10.6 Å². The van der Waals surface area contributed by atoms with Crippen LogP contribution < -0.4 is 10.6 Å². The molecule has 2 N–H and O–H groups in total. The van der Waals surface area contributed by atoms with Crippen LogP contribution in [-0.2, 0) is 0 Å². The van der Waals surface area contributed by atoms with Crippen LogP contribution in [0.15, 0.2) is 0 Å². The predicted molar refractivity (Wildman–Crippen MR) is 70.3 cm³/mol. The van der Waals surface area contributed by atoms with E-state index in [9.17, 15) is 5.26 Å². The van der Waals surface area contributed by atoms with Crippen LogP contribution in [0.5, 0.6) is 0 Å². The number of nitriles is 1. The van der Waals surface area contributed by atoms with Gasteiger partial charge in [-0.15, -0.1) is 5.10 Å². The summed E-state index contributed by atoms with van der Waals surface area (Å²) in [7, 11) is 0. The topological polar surface area (TPSA) is 73.6 Å². The molecule has 2 rings (SSSR count). The largest absolute Gasteiger partial charge is 0.363 e. The molecule has 1 aliphatic rings. The molecule has 0 spiro atoms. The molecule has 0 bridgehead atoms. The lowest BCUT2D eigenvalue weighted by Crippen LogP contribution is -2.46. The first-order valence-corrected chi connectivity index (χ1v) is 6.37. The zero-order chi connectivity index (χ0) is 13.1. The Kier molecular flexibility index (Phi) is 3.78. The molecule has 96 valence electrons. The fourth-order valence-electron chi connectivity index (χ4n) is 2.26. The summed E-state index contributed by atoms with van der Waals surface area (Å²) in [6.07, 6.45) is 2.23. The zero-order valence-electron chi connectivity index (χ0n) is 11.1. The number of aryl methyl sites for hydroxylation is 1. The van der Waals surface area contributed by atoms with Crippen molar-refractivity contribution >= 4 is 5.82 Å². The number of nitrogens with zero attached hydrogens (tertiary/aromatic N) is 3. The summed E-state index contributed by atoms with van der Waals surface area (Å²) in [5.74, 6) is 0.612. The third-order valence-electron chi connectivity index (χ3n) is 3.65. The Morgan fingerprint density at radius 1 is 1.39 bits per heavy atom. The van der Waals surface area contributed by atoms with Crippen LogP contribution in [0.1, 0.15) is 36.6 Å². The summed E-state index contributed by atoms with van der Waals surface area (Å²) in [4.78, 5) is 0. The molecule has 1 aliphatic heterocycles. The molecule has 0 aliphatic carbocycles. The van der Waals surface area contributed by atoms with Gasteiger partial charge in [0.25, 0.3) is 0 Å². The molecule has 2 unspecified atom stereocenters. The van der Waals surface area contributed by atoms with E-state index >= 15 is 0 Å². The van der Waals surface area contributed by atoms with E-state index in [-0.39, 0.29) is 0 Å². The summed E-state index contributed by atoms with van der Waals surface area (Å²) >= 11 is 0. The summed E-state index contributed by atoms with van der Waals surface area (Å²) in [5.41, 5.74) is 2.33. The van der Waals surface area contributed by atoms with Crippen LogP contribution in [0, 0.1) is 25.2 Å². The van der Waals surface area contributed by atoms with E-state index in [0.717, 1.165) is 30.6 Å². The van der Waals surface area contributed by atoms with Crippen molar-refractivity contribution in [3.8, 4) is 6.07 Å². The highest BCUT2D eigenvalue weighted by Crippen LogP contribution is 2.20. The van der Waals surface area contributed by atoms with E-state index in [1.54, 1.807) is 0 Å². The Labute approximate surface area is 108 Å². The van der Waals surface area contributed by atoms with E-state index in [4.69, 9.17) is 0 Å². The van der Waals surface area contributed by atoms with E-state index in [0.29, 0.717) is 23.5 Å². The van der Waals surface area contributed by atoms with Gasteiger partial charge in [0.05, 0.1) is 5.69 Å². The molecular formula is C13H19N5. The fourth-order valence-corrected chi connectivity index (χ4v) is 2.26. The standard InChI is InChI=1S/C13H19N5/c1-8-9(2)17-18-13(11(8)7-14)16-12-5-4-6-15-10(12)3/h10,12,15H,4-6H2,1-3H3,(H,16,18). The SMILES string of the molecule is Cc1nnc(NC2CCCNC2C)c(C#N)c1C. The maximum atomic E-state index is 9.25. The Hall–Kier alpha value is -1.67. The molecule has 0 radical (unpaired) electrons. The monoisotopic (exact) mass is 245 g/mol. The lowest BCUT2D eigenvalue weighted by molar-refractivity contribution is 0.388. The molecule has 0 aromatic carbocycles. The number of anilines is 1. The van der Waals surface area contributed by atoms with Crippen molar-refractivity contribution in [2.24, 2.45) is 0 Å². The van der Waals surface area contributed by atoms with Crippen LogP contribution in [0.3, 0.4) is 0 Å². The fraction of sp³-hybridized carbons (Fsp3) is 0.615. The number of nitrogens with one attached hydrogen (secondary N) is 2. The molecule has 0 amide bonds. The molecule has 2 heterocycles. The van der Waals surface area contributed by atoms with Crippen molar-refractivity contribution in [1.29, 1.82) is 5.26 Å². The third-order valence-corrected chi connectivity index (χ3v) is 3.65. The Balaban J connectivity index is 2.24. The maximum Gasteiger partial charge on any atom is 0.167 e. The highest BCUT2D eigenvalue weighted by molar-refractivity contribution is 5.56. The first-order chi connectivity index (χ1) is 8.63. The maximum absolute atomic E-state index is 9.25. The van der Waals surface area contributed by atoms with Crippen molar-refractivity contribution in [3.05, 3.63) is 16.8 Å². The second kappa shape index (κ2) is 5.32. The molecule has 5 nitrogen and oxygen atoms in total. The van der Waals surface area contributed by atoms with Gasteiger partial charge in [0, 0.05) is 12.1 Å². The van der Waals surface area contributed by atoms with Crippen molar-refractivity contribution in [1.82, 2.24) is 15.5 Å². The highest BCUT2D eigenvalue weighted by atomic mass is 15.2. The molecule has 1 saturated heterocycles. The van der Waals surface area contributed by atoms with Crippen LogP contribution in [-0.4, -0.2) is 28.8 Å². The zero-order valence-corrected chi connectivity index (χ0v) is 11.1. The minimum absolute atomic E-state index is 0.308. The summed E-state index contributed by atoms with van der Waals surface area (Å²) in [6, 6.07) is 2.91. The number of hydrogen-bond acceptors (Lipinski definition) is 5. The molecule has 18 heavy (non-hydrogen) atoms. The van der Waals surface area contributed by atoms with Crippen LogP contribution >= 0.6 is 0 Å². The van der Waals surface area contributed by atoms with Crippen molar-refractivity contribution < 1.29 is 0 Å². The quantitative estimate of drug-likeness (QED) is 0.826. The molecule has 1 aromatic rings. The molecule has 5 heteroatoms. The first kappa shape index (κ1) is 12.8. The first-order valence-electron chi connectivity index (χ1n) is 6.37. The number of hydrogen-bond donors (Lipinski definition) is 2. The van der Waals surface area contributed by atoms with Crippen molar-refractivity contribution in [3.63, 3.8) is 0 Å². The Morgan fingerprint density at radius 2 is 2.17 bits per heavy atom. The van der Waals surface area contributed by atoms with Gasteiger partial charge in [-0.1, -0.05) is 0 Å². The smallest absolute Gasteiger partial charge is 0.167 e. The Morgan fingerprint density at radius 3 is 2.83 bits per heavy atom. The van der Waals surface area contributed by atoms with Gasteiger partial charge in [0.2, 0.25) is 0 Å². The highest BCUT2D eigenvalue weighted by Gasteiger charge is 2.22. The summed E-state index contributed by atoms with van der Waals surface area (Å²) < 4.78 is 0. The number of aromatic nitrogens is 2. The lowest BCUT2D eigenvalue weighted by Gasteiger charge is -2.31. The lowest BCUT2D eigenvalue weighted by atomic mass is 9.99. The predicted octanol–water partition coefficient (Wildman–Crippen LogP) is 1.52. The van der Waals surface area contributed by atoms with Crippen molar-refractivity contribution in [2.75, 3.05) is 11.9 Å². The van der Waals surface area contributed by atoms with E-state index in [1.165, 1.54) is 0 Å². The Bertz CT molecular complexity index is 477. The van der Waals surface area contributed by atoms with E-state index in [1.807, 2.05) is 13.8 Å². The molecule has 1 aromatic heterocycles. The van der Waals surface area contributed by atoms with Gasteiger partial charge in [-0.25, -0.2) is 0 Å². The van der Waals surface area contributed by atoms with Gasteiger partial charge in [-0.3, -0.25) is 0 Å². The molecular weight excluding hydrogens is 226 g/mol. The molecule has 0 saturated carbocycles. The minimum Gasteiger partial charge on any atom is -0.363 e. The summed E-state index contributed by atoms with van der Waals surface area (Å²) in [6.45, 7) is 6.99. The van der Waals surface area contributed by atoms with Gasteiger partial charge in [0.15, 0.2) is 5.82 Å².